The molecule has 4 aliphatic rings. The average molecular weight is 697 g/mol. The van der Waals surface area contributed by atoms with Gasteiger partial charge in [-0.1, -0.05) is 95.2 Å². The van der Waals surface area contributed by atoms with Gasteiger partial charge >= 0.3 is 5.97 Å². The zero-order valence-corrected chi connectivity index (χ0v) is 30.2. The van der Waals surface area contributed by atoms with Crippen molar-refractivity contribution in [2.75, 3.05) is 6.01 Å². The number of fused-ring (bicyclic) bond motifs is 5. The van der Waals surface area contributed by atoms with Gasteiger partial charge in [0, 0.05) is 23.7 Å². The zero-order valence-electron chi connectivity index (χ0n) is 29.4. The van der Waals surface area contributed by atoms with Gasteiger partial charge in [0.1, 0.15) is 12.2 Å². The molecule has 272 valence electrons. The van der Waals surface area contributed by atoms with Crippen molar-refractivity contribution < 1.29 is 37.8 Å². The SMILES string of the molecule is CC12CC(O)[C@@]3(F)C(C[C@H](F)C4=CC(=O)C=CC43C)C1CCC2C(=O)SCF.CCCCCCCC/C=C/CCCCCCCC(=O)O. The van der Waals surface area contributed by atoms with E-state index >= 15 is 8.78 Å². The van der Waals surface area contributed by atoms with Crippen LogP contribution in [0, 0.1) is 28.6 Å². The Morgan fingerprint density at radius 3 is 2.17 bits per heavy atom. The summed E-state index contributed by atoms with van der Waals surface area (Å²) in [6.07, 6.45) is 23.2. The third-order valence-electron chi connectivity index (χ3n) is 11.8. The van der Waals surface area contributed by atoms with Crippen molar-refractivity contribution in [2.45, 2.75) is 154 Å². The first kappa shape index (κ1) is 40.6. The Kier molecular flexibility index (Phi) is 16.0. The smallest absolute Gasteiger partial charge is 0.303 e. The maximum atomic E-state index is 16.7. The number of hydrogen-bond acceptors (Lipinski definition) is 5. The zero-order chi connectivity index (χ0) is 35.4. The molecule has 0 bridgehead atoms. The maximum absolute atomic E-state index is 16.7. The normalized spacial score (nSPS) is 33.8. The van der Waals surface area contributed by atoms with E-state index in [1.54, 1.807) is 6.92 Å². The maximum Gasteiger partial charge on any atom is 0.303 e. The number of carboxylic acids is 1. The fourth-order valence-electron chi connectivity index (χ4n) is 9.09. The summed E-state index contributed by atoms with van der Waals surface area (Å²) in [6, 6.07) is -0.813. The van der Waals surface area contributed by atoms with E-state index in [1.807, 2.05) is 6.92 Å². The highest BCUT2D eigenvalue weighted by atomic mass is 32.2. The van der Waals surface area contributed by atoms with Crippen LogP contribution in [0.15, 0.2) is 36.0 Å². The molecule has 8 atom stereocenters. The monoisotopic (exact) mass is 696 g/mol. The van der Waals surface area contributed by atoms with Crippen molar-refractivity contribution >= 4 is 28.6 Å². The number of aliphatic hydroxyl groups is 1. The Bertz CT molecular complexity index is 1170. The minimum absolute atomic E-state index is 0.0650. The molecule has 2 N–H and O–H groups in total. The van der Waals surface area contributed by atoms with Gasteiger partial charge in [0.15, 0.2) is 16.6 Å². The second kappa shape index (κ2) is 18.9. The lowest BCUT2D eigenvalue weighted by atomic mass is 9.45. The Labute approximate surface area is 290 Å². The number of hydrogen-bond donors (Lipinski definition) is 2. The molecule has 0 amide bonds. The number of thioether (sulfide) groups is 1. The molecular weight excluding hydrogens is 637 g/mol. The van der Waals surface area contributed by atoms with E-state index in [0.717, 1.165) is 12.8 Å². The molecule has 6 unspecified atom stereocenters. The predicted molar refractivity (Wildman–Crippen MR) is 188 cm³/mol. The number of aliphatic carboxylic acids is 1. The molecule has 5 nitrogen and oxygen atoms in total. The molecule has 0 aliphatic heterocycles. The van der Waals surface area contributed by atoms with E-state index in [4.69, 9.17) is 5.11 Å². The van der Waals surface area contributed by atoms with Gasteiger partial charge in [-0.2, -0.15) is 0 Å². The van der Waals surface area contributed by atoms with Crippen molar-refractivity contribution in [3.8, 4) is 0 Å². The summed E-state index contributed by atoms with van der Waals surface area (Å²) < 4.78 is 44.6. The van der Waals surface area contributed by atoms with Crippen LogP contribution in [-0.2, 0) is 14.4 Å². The van der Waals surface area contributed by atoms with Crippen LogP contribution in [0.4, 0.5) is 13.2 Å². The second-order valence-corrected chi connectivity index (χ2v) is 15.8. The van der Waals surface area contributed by atoms with Crippen LogP contribution in [-0.4, -0.2) is 51.0 Å². The van der Waals surface area contributed by atoms with Crippen LogP contribution in [0.25, 0.3) is 0 Å². The molecule has 0 aromatic carbocycles. The molecule has 0 spiro atoms. The lowest BCUT2D eigenvalue weighted by Gasteiger charge is -2.62. The standard InChI is InChI=1S/C21H25F3O3S.C18H34O2/c1-19-9-17(26)21(24)14(12(19)3-4-13(19)18(27)28-10-22)8-16(23)15-7-11(25)5-6-20(15,21)2;1-2-3-4-5-6-7-8-9-10-11-12-13-14-15-16-17-18(19)20/h5-7,12-14,16-17,26H,3-4,8-10H2,1-2H3;9-10H,2-8,11-17H2,1H3,(H,19,20)/b;10-9+/t12?,13?,14?,16-,17?,19?,20?,21-;/m0./s1. The van der Waals surface area contributed by atoms with E-state index < -0.39 is 52.6 Å². The summed E-state index contributed by atoms with van der Waals surface area (Å²) in [5.41, 5.74) is -4.11. The molecule has 3 fully saturated rings. The lowest BCUT2D eigenvalue weighted by Crippen LogP contribution is -2.68. The van der Waals surface area contributed by atoms with Gasteiger partial charge < -0.3 is 10.2 Å². The Hall–Kier alpha value is -1.87. The number of unbranched alkanes of at least 4 members (excludes halogenated alkanes) is 11. The minimum Gasteiger partial charge on any atom is -0.481 e. The summed E-state index contributed by atoms with van der Waals surface area (Å²) in [6.45, 7) is 5.67. The molecule has 4 aliphatic carbocycles. The van der Waals surface area contributed by atoms with Crippen LogP contribution in [0.3, 0.4) is 0 Å². The third-order valence-corrected chi connectivity index (χ3v) is 12.4. The molecule has 0 heterocycles. The van der Waals surface area contributed by atoms with E-state index in [0.29, 0.717) is 31.0 Å². The highest BCUT2D eigenvalue weighted by Gasteiger charge is 2.72. The van der Waals surface area contributed by atoms with Crippen LogP contribution >= 0.6 is 11.8 Å². The Balaban J connectivity index is 0.000000279. The summed E-state index contributed by atoms with van der Waals surface area (Å²) >= 11 is 0.618. The van der Waals surface area contributed by atoms with Gasteiger partial charge in [-0.3, -0.25) is 14.4 Å². The number of carbonyl (C=O) groups is 3. The molecule has 0 aromatic rings. The molecule has 0 aromatic heterocycles. The molecule has 9 heteroatoms. The van der Waals surface area contributed by atoms with Crippen molar-refractivity contribution in [3.63, 3.8) is 0 Å². The van der Waals surface area contributed by atoms with Gasteiger partial charge in [-0.05, 0) is 93.8 Å². The highest BCUT2D eigenvalue weighted by Crippen LogP contribution is 2.69. The largest absolute Gasteiger partial charge is 0.481 e. The Morgan fingerprint density at radius 1 is 0.958 bits per heavy atom. The topological polar surface area (TPSA) is 91.7 Å². The molecule has 4 rings (SSSR count). The fourth-order valence-corrected chi connectivity index (χ4v) is 9.79. The van der Waals surface area contributed by atoms with Gasteiger partial charge in [-0.25, -0.2) is 13.2 Å². The molecule has 0 saturated heterocycles. The highest BCUT2D eigenvalue weighted by molar-refractivity contribution is 8.13. The number of carboxylic acid groups (broad SMARTS) is 1. The predicted octanol–water partition coefficient (Wildman–Crippen LogP) is 10.2. The second-order valence-electron chi connectivity index (χ2n) is 14.9. The van der Waals surface area contributed by atoms with Crippen molar-refractivity contribution in [1.82, 2.24) is 0 Å². The first-order valence-electron chi connectivity index (χ1n) is 18.4. The Morgan fingerprint density at radius 2 is 1.56 bits per heavy atom. The molecule has 3 saturated carbocycles. The van der Waals surface area contributed by atoms with E-state index in [-0.39, 0.29) is 35.2 Å². The lowest BCUT2D eigenvalue weighted by molar-refractivity contribution is -0.201. The fraction of sp³-hybridized carbons (Fsp3) is 0.769. The third kappa shape index (κ3) is 9.46. The molecule has 48 heavy (non-hydrogen) atoms. The van der Waals surface area contributed by atoms with Gasteiger partial charge in [0.25, 0.3) is 0 Å². The van der Waals surface area contributed by atoms with E-state index in [2.05, 4.69) is 19.1 Å². The summed E-state index contributed by atoms with van der Waals surface area (Å²) in [7, 11) is 0. The van der Waals surface area contributed by atoms with Gasteiger partial charge in [0.2, 0.25) is 0 Å². The minimum atomic E-state index is -2.12. The number of aliphatic hydroxyl groups excluding tert-OH is 1. The first-order valence-corrected chi connectivity index (χ1v) is 19.4. The summed E-state index contributed by atoms with van der Waals surface area (Å²) in [5, 5.41) is 19.3. The van der Waals surface area contributed by atoms with E-state index in [9.17, 15) is 23.9 Å². The van der Waals surface area contributed by atoms with Gasteiger partial charge in [-0.15, -0.1) is 0 Å². The van der Waals surface area contributed by atoms with Crippen LogP contribution < -0.4 is 0 Å². The number of halogens is 3. The summed E-state index contributed by atoms with van der Waals surface area (Å²) in [4.78, 5) is 34.6. The average Bonchev–Trinajstić information content (AvgIpc) is 3.38. The van der Waals surface area contributed by atoms with Crippen molar-refractivity contribution in [2.24, 2.45) is 28.6 Å². The number of ketones is 1. The number of carbonyl (C=O) groups excluding carboxylic acids is 2. The van der Waals surface area contributed by atoms with Crippen LogP contribution in [0.2, 0.25) is 0 Å². The number of alkyl halides is 3. The molecule has 0 radical (unpaired) electrons. The summed E-state index contributed by atoms with van der Waals surface area (Å²) in [5.74, 6) is -2.56. The van der Waals surface area contributed by atoms with Crippen molar-refractivity contribution in [3.05, 3.63) is 36.0 Å². The van der Waals surface area contributed by atoms with Crippen LogP contribution in [0.5, 0.6) is 0 Å². The number of allylic oxidation sites excluding steroid dienone is 6. The van der Waals surface area contributed by atoms with Crippen molar-refractivity contribution in [1.29, 1.82) is 0 Å². The quantitative estimate of drug-likeness (QED) is 0.116. The number of rotatable bonds is 17. The molecular formula is C39H59F3O5S. The van der Waals surface area contributed by atoms with Crippen LogP contribution in [0.1, 0.15) is 136 Å². The van der Waals surface area contributed by atoms with Gasteiger partial charge in [0.05, 0.1) is 6.10 Å². The van der Waals surface area contributed by atoms with E-state index in [1.165, 1.54) is 88.9 Å². The first-order chi connectivity index (χ1) is 22.9.